The van der Waals surface area contributed by atoms with Crippen LogP contribution in [0.15, 0.2) is 35.1 Å². The highest BCUT2D eigenvalue weighted by molar-refractivity contribution is 7.15. The second kappa shape index (κ2) is 5.89. The second-order valence-electron chi connectivity index (χ2n) is 6.06. The largest absolute Gasteiger partial charge is 0.288 e. The van der Waals surface area contributed by atoms with Gasteiger partial charge in [-0.05, 0) is 48.7 Å². The SMILES string of the molecule is Cc1cc(C)c2nc3s/c(=C\c4ccc(Cl)c([N+](=O)[O-])c4)c(=O)n3c2c1. The van der Waals surface area contributed by atoms with Gasteiger partial charge in [-0.1, -0.05) is 35.1 Å². The summed E-state index contributed by atoms with van der Waals surface area (Å²) >= 11 is 7.10. The fraction of sp³-hybridized carbons (Fsp3) is 0.111. The normalized spacial score (nSPS) is 12.3. The number of halogens is 1. The molecule has 2 heterocycles. The highest BCUT2D eigenvalue weighted by atomic mass is 35.5. The zero-order valence-corrected chi connectivity index (χ0v) is 15.4. The predicted molar refractivity (Wildman–Crippen MR) is 103 cm³/mol. The molecule has 0 saturated carbocycles. The molecule has 0 spiro atoms. The highest BCUT2D eigenvalue weighted by Crippen LogP contribution is 2.25. The minimum atomic E-state index is -0.544. The van der Waals surface area contributed by atoms with Crippen LogP contribution in [-0.2, 0) is 0 Å². The molecule has 2 aromatic carbocycles. The smallest absolute Gasteiger partial charge is 0.267 e. The van der Waals surface area contributed by atoms with E-state index in [2.05, 4.69) is 4.98 Å². The summed E-state index contributed by atoms with van der Waals surface area (Å²) in [6, 6.07) is 8.42. The molecule has 0 radical (unpaired) electrons. The molecule has 8 heteroatoms. The van der Waals surface area contributed by atoms with Crippen molar-refractivity contribution in [2.45, 2.75) is 13.8 Å². The van der Waals surface area contributed by atoms with Crippen molar-refractivity contribution in [3.63, 3.8) is 0 Å². The average molecular weight is 386 g/mol. The van der Waals surface area contributed by atoms with Gasteiger partial charge in [-0.2, -0.15) is 0 Å². The van der Waals surface area contributed by atoms with Crippen LogP contribution < -0.4 is 10.1 Å². The molecule has 0 fully saturated rings. The number of imidazole rings is 1. The molecule has 0 aliphatic heterocycles. The van der Waals surface area contributed by atoms with Gasteiger partial charge in [0.15, 0.2) is 4.96 Å². The lowest BCUT2D eigenvalue weighted by Gasteiger charge is -1.98. The first kappa shape index (κ1) is 16.7. The van der Waals surface area contributed by atoms with Gasteiger partial charge in [-0.15, -0.1) is 0 Å². The fourth-order valence-electron chi connectivity index (χ4n) is 3.02. The number of rotatable bonds is 2. The number of nitro benzene ring substituents is 1. The average Bonchev–Trinajstić information content (AvgIpc) is 3.07. The molecule has 0 bridgehead atoms. The van der Waals surface area contributed by atoms with E-state index < -0.39 is 4.92 Å². The molecular formula is C18H12ClN3O3S. The van der Waals surface area contributed by atoms with Crippen LogP contribution in [0.2, 0.25) is 5.02 Å². The van der Waals surface area contributed by atoms with Crippen molar-refractivity contribution in [1.29, 1.82) is 0 Å². The molecule has 0 amide bonds. The summed E-state index contributed by atoms with van der Waals surface area (Å²) in [7, 11) is 0. The molecule has 0 saturated heterocycles. The van der Waals surface area contributed by atoms with Gasteiger partial charge in [0.2, 0.25) is 0 Å². The Morgan fingerprint density at radius 1 is 1.27 bits per heavy atom. The molecule has 0 aliphatic rings. The van der Waals surface area contributed by atoms with Crippen LogP contribution >= 0.6 is 22.9 Å². The third-order valence-corrected chi connectivity index (χ3v) is 5.43. The van der Waals surface area contributed by atoms with Crippen LogP contribution in [0.5, 0.6) is 0 Å². The Labute approximate surface area is 156 Å². The Hall–Kier alpha value is -2.77. The van der Waals surface area contributed by atoms with E-state index in [-0.39, 0.29) is 16.3 Å². The molecule has 0 atom stereocenters. The number of benzene rings is 2. The van der Waals surface area contributed by atoms with Crippen LogP contribution in [0.25, 0.3) is 22.1 Å². The summed E-state index contributed by atoms with van der Waals surface area (Å²) in [4.78, 5) is 28.5. The Bertz CT molecular complexity index is 1320. The van der Waals surface area contributed by atoms with Gasteiger partial charge in [0.25, 0.3) is 11.2 Å². The molecule has 130 valence electrons. The quantitative estimate of drug-likeness (QED) is 0.390. The topological polar surface area (TPSA) is 77.5 Å². The number of thiazole rings is 1. The Morgan fingerprint density at radius 3 is 2.77 bits per heavy atom. The Balaban J connectivity index is 1.97. The number of hydrogen-bond donors (Lipinski definition) is 0. The maximum absolute atomic E-state index is 12.9. The zero-order chi connectivity index (χ0) is 18.6. The lowest BCUT2D eigenvalue weighted by molar-refractivity contribution is -0.384. The molecule has 4 rings (SSSR count). The van der Waals surface area contributed by atoms with Crippen LogP contribution in [0.4, 0.5) is 5.69 Å². The lowest BCUT2D eigenvalue weighted by atomic mass is 10.1. The van der Waals surface area contributed by atoms with E-state index in [0.29, 0.717) is 15.1 Å². The molecule has 0 aliphatic carbocycles. The summed E-state index contributed by atoms with van der Waals surface area (Å²) < 4.78 is 2.06. The molecular weight excluding hydrogens is 374 g/mol. The third kappa shape index (κ3) is 2.56. The summed E-state index contributed by atoms with van der Waals surface area (Å²) in [6.45, 7) is 3.94. The number of nitrogens with zero attached hydrogens (tertiary/aromatic N) is 3. The van der Waals surface area contributed by atoms with Gasteiger partial charge < -0.3 is 0 Å². The first-order chi connectivity index (χ1) is 12.3. The standard InChI is InChI=1S/C18H12ClN3O3S/c1-9-5-10(2)16-14(6-9)21-17(23)15(26-18(21)20-16)8-11-3-4-12(19)13(7-11)22(24)25/h3-8H,1-2H3/b15-8-. The summed E-state index contributed by atoms with van der Waals surface area (Å²) in [6.07, 6.45) is 1.62. The van der Waals surface area contributed by atoms with Gasteiger partial charge in [0.1, 0.15) is 5.02 Å². The monoisotopic (exact) mass is 385 g/mol. The van der Waals surface area contributed by atoms with Crippen molar-refractivity contribution in [3.05, 3.63) is 77.0 Å². The maximum atomic E-state index is 12.9. The number of hydrogen-bond acceptors (Lipinski definition) is 5. The van der Waals surface area contributed by atoms with Gasteiger partial charge in [-0.3, -0.25) is 14.9 Å². The lowest BCUT2D eigenvalue weighted by Crippen LogP contribution is -2.22. The first-order valence-corrected chi connectivity index (χ1v) is 8.92. The Kier molecular flexibility index (Phi) is 3.78. The van der Waals surface area contributed by atoms with E-state index in [4.69, 9.17) is 11.6 Å². The van der Waals surface area contributed by atoms with Gasteiger partial charge >= 0.3 is 0 Å². The molecule has 0 unspecified atom stereocenters. The molecule has 6 nitrogen and oxygen atoms in total. The number of aromatic nitrogens is 2. The molecule has 26 heavy (non-hydrogen) atoms. The fourth-order valence-corrected chi connectivity index (χ4v) is 4.19. The van der Waals surface area contributed by atoms with E-state index in [0.717, 1.165) is 22.2 Å². The number of aryl methyl sites for hydroxylation is 2. The highest BCUT2D eigenvalue weighted by Gasteiger charge is 2.15. The van der Waals surface area contributed by atoms with Crippen molar-refractivity contribution >= 4 is 50.7 Å². The van der Waals surface area contributed by atoms with Crippen molar-refractivity contribution in [1.82, 2.24) is 9.38 Å². The Morgan fingerprint density at radius 2 is 2.04 bits per heavy atom. The van der Waals surface area contributed by atoms with E-state index in [1.807, 2.05) is 26.0 Å². The summed E-state index contributed by atoms with van der Waals surface area (Å²) in [5.74, 6) is 0. The van der Waals surface area contributed by atoms with Crippen molar-refractivity contribution in [2.24, 2.45) is 0 Å². The molecule has 0 N–H and O–H groups in total. The third-order valence-electron chi connectivity index (χ3n) is 4.14. The summed E-state index contributed by atoms with van der Waals surface area (Å²) in [5, 5.41) is 11.1. The van der Waals surface area contributed by atoms with Gasteiger partial charge in [-0.25, -0.2) is 9.38 Å². The van der Waals surface area contributed by atoms with Crippen LogP contribution in [-0.4, -0.2) is 14.3 Å². The number of fused-ring (bicyclic) bond motifs is 3. The molecule has 2 aromatic heterocycles. The van der Waals surface area contributed by atoms with Crippen molar-refractivity contribution in [3.8, 4) is 0 Å². The van der Waals surface area contributed by atoms with Crippen LogP contribution in [0, 0.1) is 24.0 Å². The van der Waals surface area contributed by atoms with Gasteiger partial charge in [0, 0.05) is 6.07 Å². The zero-order valence-electron chi connectivity index (χ0n) is 13.8. The minimum Gasteiger partial charge on any atom is -0.267 e. The minimum absolute atomic E-state index is 0.0624. The second-order valence-corrected chi connectivity index (χ2v) is 7.48. The van der Waals surface area contributed by atoms with Crippen molar-refractivity contribution in [2.75, 3.05) is 0 Å². The van der Waals surface area contributed by atoms with E-state index in [1.165, 1.54) is 23.5 Å². The van der Waals surface area contributed by atoms with E-state index >= 15 is 0 Å². The van der Waals surface area contributed by atoms with Crippen LogP contribution in [0.3, 0.4) is 0 Å². The van der Waals surface area contributed by atoms with E-state index in [1.54, 1.807) is 16.5 Å². The predicted octanol–water partition coefficient (Wildman–Crippen LogP) is 3.64. The first-order valence-electron chi connectivity index (χ1n) is 7.73. The summed E-state index contributed by atoms with van der Waals surface area (Å²) in [5.41, 5.74) is 3.84. The van der Waals surface area contributed by atoms with Gasteiger partial charge in [0.05, 0.1) is 20.5 Å². The number of nitro groups is 1. The maximum Gasteiger partial charge on any atom is 0.288 e. The van der Waals surface area contributed by atoms with Crippen molar-refractivity contribution < 1.29 is 4.92 Å². The van der Waals surface area contributed by atoms with Crippen LogP contribution in [0.1, 0.15) is 16.7 Å². The van der Waals surface area contributed by atoms with E-state index in [9.17, 15) is 14.9 Å². The molecule has 4 aromatic rings.